The van der Waals surface area contributed by atoms with Gasteiger partial charge in [-0.1, -0.05) is 6.08 Å². The van der Waals surface area contributed by atoms with Crippen molar-refractivity contribution in [2.24, 2.45) is 7.05 Å². The number of ether oxygens (including phenoxy) is 1. The van der Waals surface area contributed by atoms with Crippen molar-refractivity contribution in [2.75, 3.05) is 6.61 Å². The van der Waals surface area contributed by atoms with Crippen LogP contribution in [0.5, 0.6) is 0 Å². The summed E-state index contributed by atoms with van der Waals surface area (Å²) in [6.07, 6.45) is 6.13. The van der Waals surface area contributed by atoms with Gasteiger partial charge in [0.25, 0.3) is 0 Å². The fourth-order valence-corrected chi connectivity index (χ4v) is 1.97. The van der Waals surface area contributed by atoms with Crippen molar-refractivity contribution >= 4 is 28.0 Å². The van der Waals surface area contributed by atoms with E-state index in [1.807, 2.05) is 37.7 Å². The fourth-order valence-electron chi connectivity index (χ4n) is 1.51. The van der Waals surface area contributed by atoms with Crippen molar-refractivity contribution < 1.29 is 9.53 Å². The van der Waals surface area contributed by atoms with Gasteiger partial charge >= 0.3 is 5.97 Å². The zero-order valence-corrected chi connectivity index (χ0v) is 12.7. The molecule has 0 saturated heterocycles. The third-order valence-electron chi connectivity index (χ3n) is 2.62. The minimum Gasteiger partial charge on any atom is -0.466 e. The van der Waals surface area contributed by atoms with Crippen LogP contribution in [0.1, 0.15) is 37.6 Å². The van der Waals surface area contributed by atoms with E-state index in [-0.39, 0.29) is 5.97 Å². The van der Waals surface area contributed by atoms with E-state index in [9.17, 15) is 4.79 Å². The zero-order chi connectivity index (χ0) is 13.5. The Hall–Kier alpha value is -1.10. The second-order valence-electron chi connectivity index (χ2n) is 4.01. The van der Waals surface area contributed by atoms with Gasteiger partial charge in [-0.2, -0.15) is 5.10 Å². The highest BCUT2D eigenvalue weighted by molar-refractivity contribution is 9.10. The number of nitrogens with zero attached hydrogens (tertiary/aromatic N) is 2. The average Bonchev–Trinajstić information content (AvgIpc) is 2.57. The van der Waals surface area contributed by atoms with Gasteiger partial charge in [-0.25, -0.2) is 0 Å². The highest BCUT2D eigenvalue weighted by Crippen LogP contribution is 2.21. The molecule has 18 heavy (non-hydrogen) atoms. The van der Waals surface area contributed by atoms with E-state index >= 15 is 0 Å². The minimum atomic E-state index is -0.124. The molecule has 0 aliphatic heterocycles. The summed E-state index contributed by atoms with van der Waals surface area (Å²) < 4.78 is 7.71. The van der Waals surface area contributed by atoms with Crippen molar-refractivity contribution in [1.29, 1.82) is 0 Å². The second-order valence-corrected chi connectivity index (χ2v) is 4.80. The Labute approximate surface area is 116 Å². The maximum atomic E-state index is 11.1. The van der Waals surface area contributed by atoms with Crippen LogP contribution < -0.4 is 0 Å². The number of aromatic nitrogens is 2. The summed E-state index contributed by atoms with van der Waals surface area (Å²) in [4.78, 5) is 11.1. The molecule has 1 aromatic heterocycles. The van der Waals surface area contributed by atoms with Gasteiger partial charge in [-0.15, -0.1) is 0 Å². The van der Waals surface area contributed by atoms with Gasteiger partial charge in [0, 0.05) is 19.2 Å². The molecule has 0 aromatic carbocycles. The first-order chi connectivity index (χ1) is 8.56. The van der Waals surface area contributed by atoms with Crippen molar-refractivity contribution in [3.05, 3.63) is 21.9 Å². The first-order valence-electron chi connectivity index (χ1n) is 6.07. The molecule has 0 radical (unpaired) electrons. The van der Waals surface area contributed by atoms with E-state index in [1.54, 1.807) is 0 Å². The van der Waals surface area contributed by atoms with E-state index < -0.39 is 0 Å². The number of halogens is 1. The molecular formula is C13H19BrN2O2. The number of carbonyl (C=O) groups excluding carboxylic acids is 1. The molecule has 0 aliphatic rings. The molecule has 0 atom stereocenters. The summed E-state index contributed by atoms with van der Waals surface area (Å²) in [6.45, 7) is 4.28. The monoisotopic (exact) mass is 314 g/mol. The van der Waals surface area contributed by atoms with Crippen LogP contribution in [0.25, 0.3) is 6.08 Å². The van der Waals surface area contributed by atoms with Gasteiger partial charge in [0.05, 0.1) is 16.8 Å². The highest BCUT2D eigenvalue weighted by atomic mass is 79.9. The molecule has 1 rings (SSSR count). The summed E-state index contributed by atoms with van der Waals surface area (Å²) >= 11 is 3.51. The van der Waals surface area contributed by atoms with Crippen LogP contribution in [0.2, 0.25) is 0 Å². The summed E-state index contributed by atoms with van der Waals surface area (Å²) in [5.41, 5.74) is 2.02. The fraction of sp³-hybridized carbons (Fsp3) is 0.538. The minimum absolute atomic E-state index is 0.124. The maximum absolute atomic E-state index is 11.1. The SMILES string of the molecule is CCOC(=O)CCCC=Cc1nn(C)c(C)c1Br. The molecule has 0 unspecified atom stereocenters. The smallest absolute Gasteiger partial charge is 0.305 e. The molecule has 0 fully saturated rings. The normalized spacial score (nSPS) is 11.1. The largest absolute Gasteiger partial charge is 0.466 e. The van der Waals surface area contributed by atoms with Crippen LogP contribution in [0.4, 0.5) is 0 Å². The first kappa shape index (κ1) is 15.0. The molecule has 0 spiro atoms. The molecule has 0 amide bonds. The number of esters is 1. The van der Waals surface area contributed by atoms with E-state index in [0.29, 0.717) is 13.0 Å². The Kier molecular flexibility index (Phi) is 6.12. The van der Waals surface area contributed by atoms with E-state index in [1.165, 1.54) is 0 Å². The van der Waals surface area contributed by atoms with Gasteiger partial charge in [-0.3, -0.25) is 9.48 Å². The highest BCUT2D eigenvalue weighted by Gasteiger charge is 2.06. The lowest BCUT2D eigenvalue weighted by atomic mass is 10.2. The Morgan fingerprint density at radius 1 is 1.56 bits per heavy atom. The van der Waals surface area contributed by atoms with E-state index in [4.69, 9.17) is 4.74 Å². The lowest BCUT2D eigenvalue weighted by molar-refractivity contribution is -0.143. The van der Waals surface area contributed by atoms with Crippen molar-refractivity contribution in [2.45, 2.75) is 33.1 Å². The Bertz CT molecular complexity index is 438. The van der Waals surface area contributed by atoms with Crippen LogP contribution in [0.3, 0.4) is 0 Å². The molecule has 1 aromatic rings. The third-order valence-corrected chi connectivity index (χ3v) is 3.60. The topological polar surface area (TPSA) is 44.1 Å². The number of unbranched alkanes of at least 4 members (excludes halogenated alkanes) is 1. The second kappa shape index (κ2) is 7.36. The van der Waals surface area contributed by atoms with Crippen LogP contribution in [-0.4, -0.2) is 22.4 Å². The van der Waals surface area contributed by atoms with Crippen molar-refractivity contribution in [1.82, 2.24) is 9.78 Å². The molecule has 1 heterocycles. The van der Waals surface area contributed by atoms with Gasteiger partial charge in [-0.05, 0) is 48.7 Å². The number of allylic oxidation sites excluding steroid dienone is 1. The number of hydrogen-bond acceptors (Lipinski definition) is 3. The van der Waals surface area contributed by atoms with Crippen molar-refractivity contribution in [3.8, 4) is 0 Å². The predicted octanol–water partition coefficient (Wildman–Crippen LogP) is 3.24. The van der Waals surface area contributed by atoms with Crippen LogP contribution in [0.15, 0.2) is 10.5 Å². The quantitative estimate of drug-likeness (QED) is 0.598. The van der Waals surface area contributed by atoms with Gasteiger partial charge in [0.2, 0.25) is 0 Å². The lowest BCUT2D eigenvalue weighted by Crippen LogP contribution is -2.02. The van der Waals surface area contributed by atoms with Crippen LogP contribution >= 0.6 is 15.9 Å². The maximum Gasteiger partial charge on any atom is 0.305 e. The molecule has 4 nitrogen and oxygen atoms in total. The number of rotatable bonds is 6. The van der Waals surface area contributed by atoms with E-state index in [0.717, 1.165) is 28.7 Å². The summed E-state index contributed by atoms with van der Waals surface area (Å²) in [5.74, 6) is -0.124. The number of carbonyl (C=O) groups is 1. The molecule has 0 aliphatic carbocycles. The lowest BCUT2D eigenvalue weighted by Gasteiger charge is -1.98. The number of aryl methyl sites for hydroxylation is 1. The summed E-state index contributed by atoms with van der Waals surface area (Å²) in [5, 5.41) is 4.36. The molecule has 0 N–H and O–H groups in total. The van der Waals surface area contributed by atoms with Gasteiger partial charge < -0.3 is 4.74 Å². The third kappa shape index (κ3) is 4.29. The molecule has 0 bridgehead atoms. The van der Waals surface area contributed by atoms with Gasteiger partial charge in [0.1, 0.15) is 0 Å². The van der Waals surface area contributed by atoms with Crippen LogP contribution in [0, 0.1) is 6.92 Å². The van der Waals surface area contributed by atoms with E-state index in [2.05, 4.69) is 21.0 Å². The van der Waals surface area contributed by atoms with Gasteiger partial charge in [0.15, 0.2) is 0 Å². The Morgan fingerprint density at radius 2 is 2.28 bits per heavy atom. The average molecular weight is 315 g/mol. The Morgan fingerprint density at radius 3 is 2.83 bits per heavy atom. The standard InChI is InChI=1S/C13H19BrN2O2/c1-4-18-12(17)9-7-5-6-8-11-13(14)10(2)16(3)15-11/h6,8H,4-5,7,9H2,1-3H3. The molecule has 5 heteroatoms. The predicted molar refractivity (Wildman–Crippen MR) is 75.2 cm³/mol. The van der Waals surface area contributed by atoms with Crippen LogP contribution in [-0.2, 0) is 16.6 Å². The van der Waals surface area contributed by atoms with Crippen molar-refractivity contribution in [3.63, 3.8) is 0 Å². The summed E-state index contributed by atoms with van der Waals surface area (Å²) in [7, 11) is 1.91. The zero-order valence-electron chi connectivity index (χ0n) is 11.1. The summed E-state index contributed by atoms with van der Waals surface area (Å²) in [6, 6.07) is 0. The first-order valence-corrected chi connectivity index (χ1v) is 6.86. The molecule has 100 valence electrons. The molecular weight excluding hydrogens is 296 g/mol. The Balaban J connectivity index is 2.37. The molecule has 0 saturated carbocycles. The number of hydrogen-bond donors (Lipinski definition) is 0.